The maximum Gasteiger partial charge on any atom is 0.219 e. The fraction of sp³-hybridized carbons (Fsp3) is 0.688. The van der Waals surface area contributed by atoms with Crippen LogP contribution in [0.15, 0.2) is 6.07 Å². The third-order valence-electron chi connectivity index (χ3n) is 4.48. The number of hydrogen-bond donors (Lipinski definition) is 0. The van der Waals surface area contributed by atoms with Gasteiger partial charge in [0.25, 0.3) is 0 Å². The van der Waals surface area contributed by atoms with E-state index in [0.29, 0.717) is 5.92 Å². The van der Waals surface area contributed by atoms with Gasteiger partial charge < -0.3 is 9.80 Å². The lowest BCUT2D eigenvalue weighted by molar-refractivity contribution is -0.133. The van der Waals surface area contributed by atoms with Crippen LogP contribution < -0.4 is 4.90 Å². The minimum Gasteiger partial charge on any atom is -0.357 e. The number of anilines is 1. The molecule has 1 aromatic rings. The van der Waals surface area contributed by atoms with Crippen LogP contribution in [-0.2, 0) is 4.79 Å². The molecule has 2 aliphatic heterocycles. The molecule has 0 saturated carbocycles. The van der Waals surface area contributed by atoms with E-state index >= 15 is 0 Å². The van der Waals surface area contributed by atoms with E-state index in [1.54, 1.807) is 6.92 Å². The predicted octanol–water partition coefficient (Wildman–Crippen LogP) is 2.11. The van der Waals surface area contributed by atoms with Crippen LogP contribution in [0.1, 0.15) is 50.0 Å². The molecule has 2 saturated heterocycles. The van der Waals surface area contributed by atoms with Crippen molar-refractivity contribution in [3.63, 3.8) is 0 Å². The lowest BCUT2D eigenvalue weighted by atomic mass is 9.99. The second-order valence-electron chi connectivity index (χ2n) is 6.25. The summed E-state index contributed by atoms with van der Waals surface area (Å²) < 4.78 is 0. The minimum atomic E-state index is 0.145. The Morgan fingerprint density at radius 2 is 1.81 bits per heavy atom. The van der Waals surface area contributed by atoms with Gasteiger partial charge in [0.1, 0.15) is 11.6 Å². The molecule has 0 radical (unpaired) electrons. The van der Waals surface area contributed by atoms with Crippen LogP contribution in [0.4, 0.5) is 5.82 Å². The van der Waals surface area contributed by atoms with Crippen LogP contribution in [0.3, 0.4) is 0 Å². The maximum absolute atomic E-state index is 11.3. The number of amides is 1. The van der Waals surface area contributed by atoms with Crippen molar-refractivity contribution in [3.05, 3.63) is 17.6 Å². The van der Waals surface area contributed by atoms with E-state index in [1.165, 1.54) is 25.7 Å². The smallest absolute Gasteiger partial charge is 0.219 e. The molecule has 2 aliphatic rings. The Kier molecular flexibility index (Phi) is 4.08. The Labute approximate surface area is 126 Å². The first-order valence-corrected chi connectivity index (χ1v) is 7.99. The zero-order valence-electron chi connectivity index (χ0n) is 13.0. The van der Waals surface area contributed by atoms with Crippen molar-refractivity contribution in [2.24, 2.45) is 0 Å². The van der Waals surface area contributed by atoms with Crippen molar-refractivity contribution in [2.75, 3.05) is 31.1 Å². The van der Waals surface area contributed by atoms with Crippen LogP contribution in [0.2, 0.25) is 0 Å². The molecule has 0 spiro atoms. The average Bonchev–Trinajstić information content (AvgIpc) is 2.64. The summed E-state index contributed by atoms with van der Waals surface area (Å²) >= 11 is 0. The highest BCUT2D eigenvalue weighted by molar-refractivity contribution is 5.74. The van der Waals surface area contributed by atoms with Gasteiger partial charge in [0.05, 0.1) is 5.92 Å². The molecule has 3 rings (SSSR count). The molecule has 0 N–H and O–H groups in total. The quantitative estimate of drug-likeness (QED) is 0.836. The van der Waals surface area contributed by atoms with Crippen LogP contribution in [0.5, 0.6) is 0 Å². The molecule has 0 bridgehead atoms. The lowest BCUT2D eigenvalue weighted by Gasteiger charge is -2.38. The molecule has 1 amide bonds. The number of aryl methyl sites for hydroxylation is 1. The van der Waals surface area contributed by atoms with Crippen molar-refractivity contribution < 1.29 is 4.79 Å². The fourth-order valence-corrected chi connectivity index (χ4v) is 3.12. The Morgan fingerprint density at radius 1 is 1.14 bits per heavy atom. The third kappa shape index (κ3) is 3.17. The van der Waals surface area contributed by atoms with Gasteiger partial charge in [-0.05, 0) is 19.8 Å². The number of likely N-dealkylation sites (tertiary alicyclic amines) is 1. The highest BCUT2D eigenvalue weighted by Crippen LogP contribution is 2.27. The third-order valence-corrected chi connectivity index (χ3v) is 4.48. The first kappa shape index (κ1) is 14.3. The molecule has 0 atom stereocenters. The summed E-state index contributed by atoms with van der Waals surface area (Å²) in [7, 11) is 0. The molecule has 21 heavy (non-hydrogen) atoms. The molecule has 5 nitrogen and oxygen atoms in total. The number of nitrogens with zero attached hydrogens (tertiary/aromatic N) is 4. The van der Waals surface area contributed by atoms with Crippen LogP contribution in [-0.4, -0.2) is 47.0 Å². The highest BCUT2D eigenvalue weighted by Gasteiger charge is 2.32. The summed E-state index contributed by atoms with van der Waals surface area (Å²) in [4.78, 5) is 24.9. The van der Waals surface area contributed by atoms with Crippen molar-refractivity contribution in [1.29, 1.82) is 0 Å². The summed E-state index contributed by atoms with van der Waals surface area (Å²) in [6, 6.07) is 2.09. The molecule has 2 fully saturated rings. The lowest BCUT2D eigenvalue weighted by Crippen LogP contribution is -2.48. The zero-order chi connectivity index (χ0) is 14.8. The molecule has 3 heterocycles. The SMILES string of the molecule is CC(=O)N1CC(c2nc(C)cc(N3CCCCCC3)n2)C1. The maximum atomic E-state index is 11.3. The molecule has 5 heteroatoms. The van der Waals surface area contributed by atoms with Gasteiger partial charge in [-0.1, -0.05) is 12.8 Å². The first-order valence-electron chi connectivity index (χ1n) is 7.99. The number of carbonyl (C=O) groups excluding carboxylic acids is 1. The zero-order valence-corrected chi connectivity index (χ0v) is 13.0. The molecule has 0 aliphatic carbocycles. The molecular weight excluding hydrogens is 264 g/mol. The van der Waals surface area contributed by atoms with Gasteiger partial charge in [0, 0.05) is 44.9 Å². The van der Waals surface area contributed by atoms with E-state index in [1.807, 2.05) is 11.8 Å². The van der Waals surface area contributed by atoms with Crippen molar-refractivity contribution in [2.45, 2.75) is 45.4 Å². The second-order valence-corrected chi connectivity index (χ2v) is 6.25. The Balaban J connectivity index is 1.75. The van der Waals surface area contributed by atoms with Crippen LogP contribution >= 0.6 is 0 Å². The van der Waals surface area contributed by atoms with E-state index in [-0.39, 0.29) is 5.91 Å². The normalized spacial score (nSPS) is 20.1. The van der Waals surface area contributed by atoms with Crippen molar-refractivity contribution in [1.82, 2.24) is 14.9 Å². The second kappa shape index (κ2) is 6.00. The largest absolute Gasteiger partial charge is 0.357 e. The fourth-order valence-electron chi connectivity index (χ4n) is 3.12. The van der Waals surface area contributed by atoms with Gasteiger partial charge in [-0.15, -0.1) is 0 Å². The monoisotopic (exact) mass is 288 g/mol. The van der Waals surface area contributed by atoms with E-state index in [9.17, 15) is 4.79 Å². The molecular formula is C16H24N4O. The number of rotatable bonds is 2. The standard InChI is InChI=1S/C16H24N4O/c1-12-9-15(19-7-5-3-4-6-8-19)18-16(17-12)14-10-20(11-14)13(2)21/h9,14H,3-8,10-11H2,1-2H3. The predicted molar refractivity (Wildman–Crippen MR) is 82.4 cm³/mol. The van der Waals surface area contributed by atoms with Gasteiger partial charge in [0.15, 0.2) is 0 Å². The molecule has 114 valence electrons. The van der Waals surface area contributed by atoms with Crippen molar-refractivity contribution in [3.8, 4) is 0 Å². The van der Waals surface area contributed by atoms with Crippen LogP contribution in [0.25, 0.3) is 0 Å². The number of aromatic nitrogens is 2. The summed E-state index contributed by atoms with van der Waals surface area (Å²) in [5.74, 6) is 2.43. The molecule has 1 aromatic heterocycles. The summed E-state index contributed by atoms with van der Waals surface area (Å²) in [5.41, 5.74) is 1.03. The van der Waals surface area contributed by atoms with Gasteiger partial charge in [-0.25, -0.2) is 9.97 Å². The van der Waals surface area contributed by atoms with Crippen LogP contribution in [0, 0.1) is 6.92 Å². The van der Waals surface area contributed by atoms with Gasteiger partial charge in [-0.3, -0.25) is 4.79 Å². The van der Waals surface area contributed by atoms with E-state index in [2.05, 4.69) is 16.0 Å². The highest BCUT2D eigenvalue weighted by atomic mass is 16.2. The summed E-state index contributed by atoms with van der Waals surface area (Å²) in [6.07, 6.45) is 5.15. The average molecular weight is 288 g/mol. The first-order chi connectivity index (χ1) is 10.1. The van der Waals surface area contributed by atoms with Gasteiger partial charge in [0.2, 0.25) is 5.91 Å². The topological polar surface area (TPSA) is 49.3 Å². The summed E-state index contributed by atoms with van der Waals surface area (Å²) in [6.45, 7) is 7.38. The van der Waals surface area contributed by atoms with Crippen molar-refractivity contribution >= 4 is 11.7 Å². The minimum absolute atomic E-state index is 0.145. The Morgan fingerprint density at radius 3 is 2.43 bits per heavy atom. The Hall–Kier alpha value is -1.65. The van der Waals surface area contributed by atoms with E-state index in [4.69, 9.17) is 4.98 Å². The Bertz CT molecular complexity index is 517. The molecule has 0 aromatic carbocycles. The molecule has 0 unspecified atom stereocenters. The summed E-state index contributed by atoms with van der Waals surface area (Å²) in [5, 5.41) is 0. The van der Waals surface area contributed by atoms with Gasteiger partial charge in [-0.2, -0.15) is 0 Å². The van der Waals surface area contributed by atoms with E-state index in [0.717, 1.165) is 43.5 Å². The van der Waals surface area contributed by atoms with Gasteiger partial charge >= 0.3 is 0 Å². The van der Waals surface area contributed by atoms with E-state index < -0.39 is 0 Å². The number of carbonyl (C=O) groups is 1. The number of hydrogen-bond acceptors (Lipinski definition) is 4.